The molecular weight excluding hydrogens is 318 g/mol. The van der Waals surface area contributed by atoms with Gasteiger partial charge in [0.25, 0.3) is 10.0 Å². The molecule has 1 aromatic carbocycles. The van der Waals surface area contributed by atoms with Gasteiger partial charge in [0.05, 0.1) is 10.6 Å². The van der Waals surface area contributed by atoms with Gasteiger partial charge in [0.2, 0.25) is 0 Å². The molecule has 0 aliphatic heterocycles. The molecule has 0 bridgehead atoms. The number of rotatable bonds is 5. The standard InChI is InChI=1S/C15H19N3O4S/c1-9(2)11-5-7-12(8-6-11)23(21,22)17-13-10(3)18(4)16-14(13)15(19)20/h5-9,17H,1-4H3,(H,19,20). The Morgan fingerprint density at radius 1 is 1.26 bits per heavy atom. The van der Waals surface area contributed by atoms with E-state index >= 15 is 0 Å². The molecule has 0 spiro atoms. The highest BCUT2D eigenvalue weighted by atomic mass is 32.2. The molecule has 7 nitrogen and oxygen atoms in total. The van der Waals surface area contributed by atoms with Gasteiger partial charge in [-0.15, -0.1) is 0 Å². The summed E-state index contributed by atoms with van der Waals surface area (Å²) >= 11 is 0. The topological polar surface area (TPSA) is 101 Å². The number of carboxylic acids is 1. The lowest BCUT2D eigenvalue weighted by atomic mass is 10.0. The first-order valence-electron chi connectivity index (χ1n) is 7.03. The summed E-state index contributed by atoms with van der Waals surface area (Å²) in [5, 5.41) is 13.0. The summed E-state index contributed by atoms with van der Waals surface area (Å²) < 4.78 is 28.6. The molecule has 0 saturated carbocycles. The van der Waals surface area contributed by atoms with Gasteiger partial charge in [-0.05, 0) is 30.5 Å². The molecule has 0 saturated heterocycles. The van der Waals surface area contributed by atoms with E-state index in [9.17, 15) is 13.2 Å². The third kappa shape index (κ3) is 3.37. The quantitative estimate of drug-likeness (QED) is 0.872. The Balaban J connectivity index is 2.41. The van der Waals surface area contributed by atoms with E-state index in [1.807, 2.05) is 13.8 Å². The van der Waals surface area contributed by atoms with Crippen molar-refractivity contribution in [2.24, 2.45) is 7.05 Å². The molecule has 124 valence electrons. The number of anilines is 1. The van der Waals surface area contributed by atoms with E-state index in [4.69, 9.17) is 5.11 Å². The van der Waals surface area contributed by atoms with Crippen molar-refractivity contribution in [1.82, 2.24) is 9.78 Å². The number of benzene rings is 1. The highest BCUT2D eigenvalue weighted by molar-refractivity contribution is 7.92. The average Bonchev–Trinajstić information content (AvgIpc) is 2.75. The number of hydrogen-bond acceptors (Lipinski definition) is 4. The molecule has 1 heterocycles. The van der Waals surface area contributed by atoms with Gasteiger partial charge in [0, 0.05) is 7.05 Å². The largest absolute Gasteiger partial charge is 0.476 e. The first-order chi connectivity index (χ1) is 10.6. The summed E-state index contributed by atoms with van der Waals surface area (Å²) in [6.07, 6.45) is 0. The summed E-state index contributed by atoms with van der Waals surface area (Å²) in [5.41, 5.74) is 1.10. The Labute approximate surface area is 135 Å². The molecule has 2 aromatic rings. The molecule has 2 rings (SSSR count). The van der Waals surface area contributed by atoms with E-state index in [-0.39, 0.29) is 16.3 Å². The number of carbonyl (C=O) groups is 1. The Bertz CT molecular complexity index is 836. The first kappa shape index (κ1) is 17.0. The zero-order chi connectivity index (χ0) is 17.4. The van der Waals surface area contributed by atoms with Crippen LogP contribution in [0.2, 0.25) is 0 Å². The first-order valence-corrected chi connectivity index (χ1v) is 8.51. The van der Waals surface area contributed by atoms with Gasteiger partial charge in [-0.3, -0.25) is 9.40 Å². The Kier molecular flexibility index (Phi) is 4.46. The fraction of sp³-hybridized carbons (Fsp3) is 0.333. The van der Waals surface area contributed by atoms with Crippen LogP contribution in [0.1, 0.15) is 41.5 Å². The highest BCUT2D eigenvalue weighted by Gasteiger charge is 2.24. The van der Waals surface area contributed by atoms with Crippen molar-refractivity contribution in [3.63, 3.8) is 0 Å². The lowest BCUT2D eigenvalue weighted by molar-refractivity contribution is 0.0690. The van der Waals surface area contributed by atoms with E-state index < -0.39 is 16.0 Å². The molecule has 0 aliphatic carbocycles. The predicted octanol–water partition coefficient (Wildman–Crippen LogP) is 2.35. The second-order valence-corrected chi connectivity index (χ2v) is 7.25. The van der Waals surface area contributed by atoms with Crippen LogP contribution < -0.4 is 4.72 Å². The molecule has 0 amide bonds. The minimum absolute atomic E-state index is 0.0204. The predicted molar refractivity (Wildman–Crippen MR) is 86.2 cm³/mol. The molecule has 8 heteroatoms. The summed E-state index contributed by atoms with van der Waals surface area (Å²) in [5.74, 6) is -1.000. The molecular formula is C15H19N3O4S. The Morgan fingerprint density at radius 2 is 1.83 bits per heavy atom. The molecule has 0 radical (unpaired) electrons. The van der Waals surface area contributed by atoms with Crippen LogP contribution in [-0.2, 0) is 17.1 Å². The van der Waals surface area contributed by atoms with Crippen LogP contribution in [0.3, 0.4) is 0 Å². The van der Waals surface area contributed by atoms with Gasteiger partial charge in [-0.1, -0.05) is 26.0 Å². The molecule has 2 N–H and O–H groups in total. The van der Waals surface area contributed by atoms with E-state index in [1.165, 1.54) is 16.8 Å². The van der Waals surface area contributed by atoms with Crippen molar-refractivity contribution in [2.75, 3.05) is 4.72 Å². The lowest BCUT2D eigenvalue weighted by Gasteiger charge is -2.10. The van der Waals surface area contributed by atoms with Crippen molar-refractivity contribution in [3.8, 4) is 0 Å². The Hall–Kier alpha value is -2.35. The molecule has 0 atom stereocenters. The zero-order valence-electron chi connectivity index (χ0n) is 13.4. The zero-order valence-corrected chi connectivity index (χ0v) is 14.2. The molecule has 23 heavy (non-hydrogen) atoms. The second kappa shape index (κ2) is 6.04. The van der Waals surface area contributed by atoms with Crippen molar-refractivity contribution in [2.45, 2.75) is 31.6 Å². The van der Waals surface area contributed by atoms with E-state index in [0.717, 1.165) is 5.56 Å². The van der Waals surface area contributed by atoms with Crippen LogP contribution in [0.4, 0.5) is 5.69 Å². The van der Waals surface area contributed by atoms with Crippen LogP contribution in [0, 0.1) is 6.92 Å². The van der Waals surface area contributed by atoms with Crippen LogP contribution in [0.5, 0.6) is 0 Å². The lowest BCUT2D eigenvalue weighted by Crippen LogP contribution is -2.15. The minimum atomic E-state index is -3.89. The number of nitrogens with one attached hydrogen (secondary N) is 1. The van der Waals surface area contributed by atoms with Gasteiger partial charge >= 0.3 is 5.97 Å². The molecule has 0 aliphatic rings. The van der Waals surface area contributed by atoms with Crippen LogP contribution >= 0.6 is 0 Å². The normalized spacial score (nSPS) is 11.7. The smallest absolute Gasteiger partial charge is 0.358 e. The van der Waals surface area contributed by atoms with Crippen LogP contribution in [-0.4, -0.2) is 29.3 Å². The molecule has 0 fully saturated rings. The second-order valence-electron chi connectivity index (χ2n) is 5.57. The fourth-order valence-electron chi connectivity index (χ4n) is 2.11. The third-order valence-electron chi connectivity index (χ3n) is 3.63. The van der Waals surface area contributed by atoms with Gasteiger partial charge in [0.15, 0.2) is 5.69 Å². The SMILES string of the molecule is Cc1c(NS(=O)(=O)c2ccc(C(C)C)cc2)c(C(=O)O)nn1C. The van der Waals surface area contributed by atoms with E-state index in [1.54, 1.807) is 26.1 Å². The maximum absolute atomic E-state index is 12.5. The van der Waals surface area contributed by atoms with Gasteiger partial charge < -0.3 is 5.11 Å². The van der Waals surface area contributed by atoms with Crippen molar-refractivity contribution >= 4 is 21.7 Å². The van der Waals surface area contributed by atoms with E-state index in [2.05, 4.69) is 9.82 Å². The minimum Gasteiger partial charge on any atom is -0.476 e. The van der Waals surface area contributed by atoms with Crippen molar-refractivity contribution < 1.29 is 18.3 Å². The van der Waals surface area contributed by atoms with Crippen molar-refractivity contribution in [3.05, 3.63) is 41.2 Å². The number of hydrogen-bond donors (Lipinski definition) is 2. The number of aryl methyl sites for hydroxylation is 1. The number of aromatic nitrogens is 2. The van der Waals surface area contributed by atoms with Crippen LogP contribution in [0.25, 0.3) is 0 Å². The maximum atomic E-state index is 12.5. The van der Waals surface area contributed by atoms with E-state index in [0.29, 0.717) is 11.6 Å². The van der Waals surface area contributed by atoms with Gasteiger partial charge in [-0.25, -0.2) is 13.2 Å². The number of carboxylic acid groups (broad SMARTS) is 1. The number of sulfonamides is 1. The third-order valence-corrected chi connectivity index (χ3v) is 5.00. The van der Waals surface area contributed by atoms with Gasteiger partial charge in [0.1, 0.15) is 5.69 Å². The molecule has 1 aromatic heterocycles. The Morgan fingerprint density at radius 3 is 2.30 bits per heavy atom. The van der Waals surface area contributed by atoms with Crippen LogP contribution in [0.15, 0.2) is 29.2 Å². The summed E-state index contributed by atoms with van der Waals surface area (Å²) in [7, 11) is -2.34. The maximum Gasteiger partial charge on any atom is 0.358 e. The van der Waals surface area contributed by atoms with Gasteiger partial charge in [-0.2, -0.15) is 5.10 Å². The summed E-state index contributed by atoms with van der Waals surface area (Å²) in [4.78, 5) is 11.3. The summed E-state index contributed by atoms with van der Waals surface area (Å²) in [6.45, 7) is 5.62. The monoisotopic (exact) mass is 337 g/mol. The average molecular weight is 337 g/mol. The molecule has 0 unspecified atom stereocenters. The van der Waals surface area contributed by atoms with Crippen molar-refractivity contribution in [1.29, 1.82) is 0 Å². The fourth-order valence-corrected chi connectivity index (χ4v) is 3.23. The number of nitrogens with zero attached hydrogens (tertiary/aromatic N) is 2. The number of aromatic carboxylic acids is 1. The highest BCUT2D eigenvalue weighted by Crippen LogP contribution is 2.24. The summed E-state index contributed by atoms with van der Waals surface area (Å²) in [6, 6.07) is 6.49.